The normalized spacial score (nSPS) is 15.7. The number of non-ortho nitro benzene ring substituents is 1. The number of hydrogen-bond acceptors (Lipinski definition) is 7. The maximum absolute atomic E-state index is 13.0. The molecule has 1 amide bonds. The Hall–Kier alpha value is -2.63. The molecule has 1 saturated heterocycles. The number of sulfonamides is 1. The van der Waals surface area contributed by atoms with Crippen LogP contribution in [0.3, 0.4) is 0 Å². The third kappa shape index (κ3) is 5.59. The van der Waals surface area contributed by atoms with Gasteiger partial charge in [0.25, 0.3) is 5.69 Å². The zero-order valence-electron chi connectivity index (χ0n) is 17.8. The van der Waals surface area contributed by atoms with Crippen LogP contribution in [-0.4, -0.2) is 49.0 Å². The fourth-order valence-corrected chi connectivity index (χ4v) is 5.75. The molecule has 1 aliphatic rings. The molecular weight excluding hydrogens is 454 g/mol. The Morgan fingerprint density at radius 1 is 1.16 bits per heavy atom. The average Bonchev–Trinajstić information content (AvgIpc) is 2.79. The van der Waals surface area contributed by atoms with Crippen LogP contribution >= 0.6 is 11.8 Å². The van der Waals surface area contributed by atoms with E-state index in [1.165, 1.54) is 53.5 Å². The van der Waals surface area contributed by atoms with Crippen molar-refractivity contribution in [3.63, 3.8) is 0 Å². The number of carbonyl (C=O) groups excluding carboxylic acids is 1. The molecule has 1 unspecified atom stereocenters. The second kappa shape index (κ2) is 10.3. The number of ether oxygens (including phenoxy) is 1. The van der Waals surface area contributed by atoms with Gasteiger partial charge >= 0.3 is 0 Å². The predicted molar refractivity (Wildman–Crippen MR) is 123 cm³/mol. The summed E-state index contributed by atoms with van der Waals surface area (Å²) < 4.78 is 32.8. The van der Waals surface area contributed by atoms with E-state index >= 15 is 0 Å². The van der Waals surface area contributed by atoms with Crippen molar-refractivity contribution in [2.45, 2.75) is 41.2 Å². The zero-order valence-corrected chi connectivity index (χ0v) is 19.4. The lowest BCUT2D eigenvalue weighted by atomic mass is 10.2. The zero-order chi connectivity index (χ0) is 23.3. The molecule has 1 aliphatic heterocycles. The average molecular weight is 480 g/mol. The molecule has 32 heavy (non-hydrogen) atoms. The number of methoxy groups -OCH3 is 1. The van der Waals surface area contributed by atoms with Crippen LogP contribution in [0.15, 0.2) is 52.3 Å². The molecule has 0 spiro atoms. The van der Waals surface area contributed by atoms with E-state index in [9.17, 15) is 23.3 Å². The Morgan fingerprint density at radius 2 is 1.81 bits per heavy atom. The van der Waals surface area contributed by atoms with Gasteiger partial charge in [-0.3, -0.25) is 14.9 Å². The van der Waals surface area contributed by atoms with Crippen molar-refractivity contribution in [1.82, 2.24) is 4.31 Å². The monoisotopic (exact) mass is 479 g/mol. The highest BCUT2D eigenvalue weighted by Crippen LogP contribution is 2.31. The molecule has 1 atom stereocenters. The summed E-state index contributed by atoms with van der Waals surface area (Å²) in [7, 11) is -2.22. The Morgan fingerprint density at radius 3 is 2.41 bits per heavy atom. The maximum atomic E-state index is 13.0. The minimum atomic E-state index is -3.66. The number of rotatable bonds is 8. The Balaban J connectivity index is 1.75. The Kier molecular flexibility index (Phi) is 7.75. The summed E-state index contributed by atoms with van der Waals surface area (Å²) in [4.78, 5) is 23.9. The van der Waals surface area contributed by atoms with Gasteiger partial charge < -0.3 is 10.1 Å². The first-order chi connectivity index (χ1) is 15.2. The number of nitrogens with one attached hydrogen (secondary N) is 1. The highest BCUT2D eigenvalue weighted by atomic mass is 32.2. The van der Waals surface area contributed by atoms with Crippen LogP contribution < -0.4 is 10.1 Å². The van der Waals surface area contributed by atoms with Crippen LogP contribution in [0, 0.1) is 10.1 Å². The second-order valence-electron chi connectivity index (χ2n) is 7.33. The largest absolute Gasteiger partial charge is 0.495 e. The summed E-state index contributed by atoms with van der Waals surface area (Å²) in [6.45, 7) is 2.67. The van der Waals surface area contributed by atoms with E-state index in [1.54, 1.807) is 19.1 Å². The lowest BCUT2D eigenvalue weighted by Gasteiger charge is -2.26. The van der Waals surface area contributed by atoms with Gasteiger partial charge in [0.15, 0.2) is 0 Å². The number of piperidine rings is 1. The van der Waals surface area contributed by atoms with Gasteiger partial charge in [0.05, 0.1) is 27.9 Å². The van der Waals surface area contributed by atoms with Gasteiger partial charge in [-0.1, -0.05) is 6.42 Å². The first-order valence-corrected chi connectivity index (χ1v) is 12.4. The molecular formula is C21H25N3O6S2. The molecule has 0 saturated carbocycles. The highest BCUT2D eigenvalue weighted by Gasteiger charge is 2.27. The number of hydrogen-bond donors (Lipinski definition) is 1. The van der Waals surface area contributed by atoms with E-state index in [-0.39, 0.29) is 22.2 Å². The SMILES string of the molecule is COc1ccc(S(=O)(=O)N2CCCCC2)cc1NC(=O)C(C)Sc1ccc([N+](=O)[O-])cc1. The van der Waals surface area contributed by atoms with Crippen molar-refractivity contribution in [2.75, 3.05) is 25.5 Å². The van der Waals surface area contributed by atoms with Crippen molar-refractivity contribution in [3.8, 4) is 5.75 Å². The lowest BCUT2D eigenvalue weighted by molar-refractivity contribution is -0.384. The van der Waals surface area contributed by atoms with Crippen molar-refractivity contribution >= 4 is 39.1 Å². The third-order valence-electron chi connectivity index (χ3n) is 5.11. The van der Waals surface area contributed by atoms with Gasteiger partial charge in [-0.05, 0) is 50.1 Å². The van der Waals surface area contributed by atoms with Crippen molar-refractivity contribution < 1.29 is 22.9 Å². The molecule has 0 aromatic heterocycles. The summed E-state index contributed by atoms with van der Waals surface area (Å²) in [5.41, 5.74) is 0.245. The van der Waals surface area contributed by atoms with Crippen LogP contribution in [0.25, 0.3) is 0 Å². The lowest BCUT2D eigenvalue weighted by Crippen LogP contribution is -2.35. The van der Waals surface area contributed by atoms with Gasteiger partial charge in [0.1, 0.15) is 5.75 Å². The molecule has 2 aromatic carbocycles. The highest BCUT2D eigenvalue weighted by molar-refractivity contribution is 8.00. The number of anilines is 1. The fraction of sp³-hybridized carbons (Fsp3) is 0.381. The number of benzene rings is 2. The number of carbonyl (C=O) groups is 1. The van der Waals surface area contributed by atoms with Crippen molar-refractivity contribution in [2.24, 2.45) is 0 Å². The fourth-order valence-electron chi connectivity index (χ4n) is 3.34. The molecule has 9 nitrogen and oxygen atoms in total. The van der Waals surface area contributed by atoms with E-state index in [0.29, 0.717) is 23.7 Å². The molecule has 0 radical (unpaired) electrons. The summed E-state index contributed by atoms with van der Waals surface area (Å²) in [6, 6.07) is 10.4. The minimum Gasteiger partial charge on any atom is -0.495 e. The van der Waals surface area contributed by atoms with Crippen LogP contribution in [-0.2, 0) is 14.8 Å². The third-order valence-corrected chi connectivity index (χ3v) is 8.12. The Bertz CT molecular complexity index is 1080. The summed E-state index contributed by atoms with van der Waals surface area (Å²) in [6.07, 6.45) is 2.67. The molecule has 172 valence electrons. The topological polar surface area (TPSA) is 119 Å². The van der Waals surface area contributed by atoms with Gasteiger partial charge in [-0.25, -0.2) is 8.42 Å². The minimum absolute atomic E-state index is 0.0251. The molecule has 1 heterocycles. The molecule has 1 fully saturated rings. The molecule has 0 aliphatic carbocycles. The van der Waals surface area contributed by atoms with Crippen LogP contribution in [0.2, 0.25) is 0 Å². The number of nitro benzene ring substituents is 1. The van der Waals surface area contributed by atoms with E-state index in [4.69, 9.17) is 4.74 Å². The van der Waals surface area contributed by atoms with Crippen LogP contribution in [0.4, 0.5) is 11.4 Å². The van der Waals surface area contributed by atoms with E-state index < -0.39 is 20.2 Å². The molecule has 2 aromatic rings. The quantitative estimate of drug-likeness (QED) is 0.346. The standard InChI is InChI=1S/C21H25N3O6S2/c1-15(31-17-8-6-16(7-9-17)24(26)27)21(25)22-19-14-18(10-11-20(19)30-2)32(28,29)23-12-4-3-5-13-23/h6-11,14-15H,3-5,12-13H2,1-2H3,(H,22,25). The van der Waals surface area contributed by atoms with Gasteiger partial charge in [-0.2, -0.15) is 4.31 Å². The summed E-state index contributed by atoms with van der Waals surface area (Å²) in [5.74, 6) is 0.00246. The van der Waals surface area contributed by atoms with Gasteiger partial charge in [-0.15, -0.1) is 11.8 Å². The summed E-state index contributed by atoms with van der Waals surface area (Å²) >= 11 is 1.24. The second-order valence-corrected chi connectivity index (χ2v) is 10.7. The number of thioether (sulfide) groups is 1. The van der Waals surface area contributed by atoms with Crippen molar-refractivity contribution in [1.29, 1.82) is 0 Å². The van der Waals surface area contributed by atoms with Crippen LogP contribution in [0.5, 0.6) is 5.75 Å². The summed E-state index contributed by atoms with van der Waals surface area (Å²) in [5, 5.41) is 13.0. The van der Waals surface area contributed by atoms with E-state index in [0.717, 1.165) is 19.3 Å². The molecule has 0 bridgehead atoms. The van der Waals surface area contributed by atoms with Crippen LogP contribution in [0.1, 0.15) is 26.2 Å². The Labute approximate surface area is 191 Å². The number of amides is 1. The van der Waals surface area contributed by atoms with E-state index in [2.05, 4.69) is 5.32 Å². The maximum Gasteiger partial charge on any atom is 0.269 e. The van der Waals surface area contributed by atoms with Crippen molar-refractivity contribution in [3.05, 3.63) is 52.6 Å². The van der Waals surface area contributed by atoms with Gasteiger partial charge in [0, 0.05) is 30.1 Å². The molecule has 3 rings (SSSR count). The predicted octanol–water partition coefficient (Wildman–Crippen LogP) is 3.90. The van der Waals surface area contributed by atoms with Gasteiger partial charge in [0.2, 0.25) is 15.9 Å². The smallest absolute Gasteiger partial charge is 0.269 e. The van der Waals surface area contributed by atoms with E-state index in [1.807, 2.05) is 0 Å². The molecule has 1 N–H and O–H groups in total. The first-order valence-electron chi connectivity index (χ1n) is 10.1. The first kappa shape index (κ1) is 24.0. The number of nitro groups is 1. The number of nitrogens with zero attached hydrogens (tertiary/aromatic N) is 2. The molecule has 11 heteroatoms.